The number of benzene rings is 2. The van der Waals surface area contributed by atoms with Crippen molar-refractivity contribution in [1.29, 1.82) is 0 Å². The lowest BCUT2D eigenvalue weighted by atomic mass is 9.99. The van der Waals surface area contributed by atoms with Crippen molar-refractivity contribution in [1.82, 2.24) is 4.98 Å². The maximum Gasteiger partial charge on any atom is 0.224 e. The van der Waals surface area contributed by atoms with E-state index in [4.69, 9.17) is 0 Å². The number of carbonyl (C=O) groups is 1. The Labute approximate surface area is 168 Å². The van der Waals surface area contributed by atoms with Gasteiger partial charge in [-0.2, -0.15) is 0 Å². The van der Waals surface area contributed by atoms with Crippen molar-refractivity contribution in [2.75, 3.05) is 5.32 Å². The Kier molecular flexibility index (Phi) is 5.31. The molecule has 1 N–H and O–H groups in total. The van der Waals surface area contributed by atoms with Crippen molar-refractivity contribution in [2.45, 2.75) is 13.3 Å². The smallest absolute Gasteiger partial charge is 0.224 e. The first-order valence-electron chi connectivity index (χ1n) is 9.24. The van der Waals surface area contributed by atoms with Crippen LogP contribution in [-0.2, 0) is 4.79 Å². The molecule has 138 valence electrons. The standard InChI is InChI=1S/C24H20N2OS/c1-2-22(27)26-23-16-21(24(28-23)20-12-14-25-15-13-20)19-10-8-18(9-11-19)17-6-4-3-5-7-17/h3-16H,2H2,1H3,(H,26,27). The van der Waals surface area contributed by atoms with E-state index in [9.17, 15) is 4.79 Å². The fourth-order valence-corrected chi connectivity index (χ4v) is 4.19. The number of hydrogen-bond acceptors (Lipinski definition) is 3. The predicted molar refractivity (Wildman–Crippen MR) is 117 cm³/mol. The van der Waals surface area contributed by atoms with Gasteiger partial charge in [0.1, 0.15) is 0 Å². The van der Waals surface area contributed by atoms with Crippen molar-refractivity contribution in [2.24, 2.45) is 0 Å². The third kappa shape index (κ3) is 3.87. The molecule has 2 heterocycles. The Hall–Kier alpha value is -3.24. The zero-order chi connectivity index (χ0) is 19.3. The number of aromatic nitrogens is 1. The van der Waals surface area contributed by atoms with E-state index < -0.39 is 0 Å². The van der Waals surface area contributed by atoms with Crippen LogP contribution in [0.4, 0.5) is 5.00 Å². The Balaban J connectivity index is 1.74. The summed E-state index contributed by atoms with van der Waals surface area (Å²) in [5.41, 5.74) is 5.72. The summed E-state index contributed by atoms with van der Waals surface area (Å²) in [6, 6.07) is 25.0. The van der Waals surface area contributed by atoms with Gasteiger partial charge in [-0.05, 0) is 40.5 Å². The number of nitrogens with one attached hydrogen (secondary N) is 1. The molecule has 0 fully saturated rings. The molecule has 0 radical (unpaired) electrons. The quantitative estimate of drug-likeness (QED) is 0.427. The van der Waals surface area contributed by atoms with Crippen LogP contribution in [0.1, 0.15) is 13.3 Å². The Morgan fingerprint density at radius 2 is 1.50 bits per heavy atom. The molecule has 0 atom stereocenters. The summed E-state index contributed by atoms with van der Waals surface area (Å²) in [6.45, 7) is 1.86. The average molecular weight is 385 g/mol. The van der Waals surface area contributed by atoms with Gasteiger partial charge in [-0.25, -0.2) is 0 Å². The first kappa shape index (κ1) is 18.1. The van der Waals surface area contributed by atoms with Gasteiger partial charge < -0.3 is 5.32 Å². The summed E-state index contributed by atoms with van der Waals surface area (Å²) < 4.78 is 0. The van der Waals surface area contributed by atoms with Crippen molar-refractivity contribution in [3.8, 4) is 32.7 Å². The molecule has 28 heavy (non-hydrogen) atoms. The molecule has 4 aromatic rings. The highest BCUT2D eigenvalue weighted by atomic mass is 32.1. The van der Waals surface area contributed by atoms with Crippen molar-refractivity contribution >= 4 is 22.2 Å². The zero-order valence-electron chi connectivity index (χ0n) is 15.6. The summed E-state index contributed by atoms with van der Waals surface area (Å²) in [7, 11) is 0. The molecule has 4 heteroatoms. The highest BCUT2D eigenvalue weighted by Crippen LogP contribution is 2.42. The molecule has 0 saturated carbocycles. The molecule has 0 bridgehead atoms. The summed E-state index contributed by atoms with van der Waals surface area (Å²) in [5.74, 6) is 0.0218. The van der Waals surface area contributed by atoms with Crippen LogP contribution < -0.4 is 5.32 Å². The van der Waals surface area contributed by atoms with Crippen LogP contribution in [0.3, 0.4) is 0 Å². The second-order valence-corrected chi connectivity index (χ2v) is 7.49. The lowest BCUT2D eigenvalue weighted by Crippen LogP contribution is -2.07. The largest absolute Gasteiger partial charge is 0.318 e. The van der Waals surface area contributed by atoms with Gasteiger partial charge in [0.05, 0.1) is 5.00 Å². The number of nitrogens with zero attached hydrogens (tertiary/aromatic N) is 1. The number of anilines is 1. The van der Waals surface area contributed by atoms with E-state index in [2.05, 4.69) is 52.8 Å². The van der Waals surface area contributed by atoms with E-state index in [-0.39, 0.29) is 5.91 Å². The molecule has 0 aliphatic rings. The Morgan fingerprint density at radius 1 is 0.857 bits per heavy atom. The minimum absolute atomic E-state index is 0.0218. The number of pyridine rings is 1. The van der Waals surface area contributed by atoms with Gasteiger partial charge in [0.2, 0.25) is 5.91 Å². The molecule has 1 amide bonds. The molecule has 3 nitrogen and oxygen atoms in total. The number of carbonyl (C=O) groups excluding carboxylic acids is 1. The molecule has 2 aromatic heterocycles. The van der Waals surface area contributed by atoms with Crippen molar-refractivity contribution in [3.63, 3.8) is 0 Å². The van der Waals surface area contributed by atoms with Gasteiger partial charge in [0.15, 0.2) is 0 Å². The van der Waals surface area contributed by atoms with Gasteiger partial charge in [0.25, 0.3) is 0 Å². The Bertz CT molecular complexity index is 1070. The predicted octanol–water partition coefficient (Wildman–Crippen LogP) is 6.49. The molecule has 0 spiro atoms. The summed E-state index contributed by atoms with van der Waals surface area (Å²) in [5, 5.41) is 3.85. The minimum Gasteiger partial charge on any atom is -0.318 e. The number of thiophene rings is 1. The topological polar surface area (TPSA) is 42.0 Å². The molecule has 0 aliphatic carbocycles. The molecule has 0 saturated heterocycles. The second-order valence-electron chi connectivity index (χ2n) is 6.43. The third-order valence-electron chi connectivity index (χ3n) is 4.56. The van der Waals surface area contributed by atoms with Crippen molar-refractivity contribution in [3.05, 3.63) is 85.2 Å². The van der Waals surface area contributed by atoms with E-state index in [1.807, 2.05) is 37.3 Å². The monoisotopic (exact) mass is 384 g/mol. The summed E-state index contributed by atoms with van der Waals surface area (Å²) in [6.07, 6.45) is 4.05. The normalized spacial score (nSPS) is 10.6. The summed E-state index contributed by atoms with van der Waals surface area (Å²) >= 11 is 1.59. The van der Waals surface area contributed by atoms with Gasteiger partial charge in [-0.15, -0.1) is 11.3 Å². The van der Waals surface area contributed by atoms with Crippen LogP contribution in [0.2, 0.25) is 0 Å². The number of hydrogen-bond donors (Lipinski definition) is 1. The lowest BCUT2D eigenvalue weighted by molar-refractivity contribution is -0.115. The molecular formula is C24H20N2OS. The van der Waals surface area contributed by atoms with Crippen molar-refractivity contribution < 1.29 is 4.79 Å². The molecule has 0 aliphatic heterocycles. The van der Waals surface area contributed by atoms with Gasteiger partial charge in [0, 0.05) is 29.3 Å². The minimum atomic E-state index is 0.0218. The van der Waals surface area contributed by atoms with Gasteiger partial charge in [-0.3, -0.25) is 9.78 Å². The maximum atomic E-state index is 11.9. The lowest BCUT2D eigenvalue weighted by Gasteiger charge is -2.06. The van der Waals surface area contributed by atoms with E-state index in [1.54, 1.807) is 23.7 Å². The van der Waals surface area contributed by atoms with E-state index in [1.165, 1.54) is 11.1 Å². The van der Waals surface area contributed by atoms with E-state index >= 15 is 0 Å². The van der Waals surface area contributed by atoms with Crippen LogP contribution in [-0.4, -0.2) is 10.9 Å². The second kappa shape index (κ2) is 8.19. The maximum absolute atomic E-state index is 11.9. The highest BCUT2D eigenvalue weighted by Gasteiger charge is 2.14. The van der Waals surface area contributed by atoms with Crippen LogP contribution >= 0.6 is 11.3 Å². The molecule has 4 rings (SSSR count). The van der Waals surface area contributed by atoms with Gasteiger partial charge >= 0.3 is 0 Å². The van der Waals surface area contributed by atoms with Gasteiger partial charge in [-0.1, -0.05) is 61.5 Å². The van der Waals surface area contributed by atoms with E-state index in [0.29, 0.717) is 6.42 Å². The fraction of sp³-hybridized carbons (Fsp3) is 0.0833. The molecule has 2 aromatic carbocycles. The first-order chi connectivity index (χ1) is 13.7. The SMILES string of the molecule is CCC(=O)Nc1cc(-c2ccc(-c3ccccc3)cc2)c(-c2ccncc2)s1. The summed E-state index contributed by atoms with van der Waals surface area (Å²) in [4.78, 5) is 17.1. The van der Waals surface area contributed by atoms with Crippen LogP contribution in [0, 0.1) is 0 Å². The average Bonchev–Trinajstić information content (AvgIpc) is 3.18. The molecule has 0 unspecified atom stereocenters. The zero-order valence-corrected chi connectivity index (χ0v) is 16.4. The van der Waals surface area contributed by atoms with Crippen LogP contribution in [0.25, 0.3) is 32.7 Å². The van der Waals surface area contributed by atoms with E-state index in [0.717, 1.165) is 26.6 Å². The first-order valence-corrected chi connectivity index (χ1v) is 10.1. The van der Waals surface area contributed by atoms with Crippen LogP contribution in [0.15, 0.2) is 85.2 Å². The number of rotatable bonds is 5. The third-order valence-corrected chi connectivity index (χ3v) is 5.66. The fourth-order valence-electron chi connectivity index (χ4n) is 3.08. The number of amides is 1. The highest BCUT2D eigenvalue weighted by molar-refractivity contribution is 7.20. The molecular weight excluding hydrogens is 364 g/mol. The van der Waals surface area contributed by atoms with Crippen LogP contribution in [0.5, 0.6) is 0 Å². The Morgan fingerprint density at radius 3 is 2.18 bits per heavy atom.